The molecule has 24 heavy (non-hydrogen) atoms. The number of likely N-dealkylation sites (tertiary alicyclic amines) is 1. The normalized spacial score (nSPS) is 21.4. The van der Waals surface area contributed by atoms with Crippen LogP contribution < -0.4 is 21.1 Å². The molecule has 1 saturated heterocycles. The fourth-order valence-electron chi connectivity index (χ4n) is 3.33. The van der Waals surface area contributed by atoms with E-state index in [-0.39, 0.29) is 30.6 Å². The number of primary amides is 1. The monoisotopic (exact) mass is 332 g/mol. The fraction of sp³-hybridized carbons (Fsp3) is 0.529. The highest BCUT2D eigenvalue weighted by Crippen LogP contribution is 2.31. The van der Waals surface area contributed by atoms with Crippen molar-refractivity contribution >= 4 is 11.9 Å². The Morgan fingerprint density at radius 2 is 1.92 bits per heavy atom. The maximum Gasteiger partial charge on any atom is 0.315 e. The van der Waals surface area contributed by atoms with Crippen LogP contribution in [0.1, 0.15) is 30.9 Å². The van der Waals surface area contributed by atoms with Crippen molar-refractivity contribution in [1.82, 2.24) is 15.5 Å². The first-order valence-corrected chi connectivity index (χ1v) is 8.41. The average molecular weight is 332 g/mol. The minimum absolute atomic E-state index is 0.0232. The first-order valence-electron chi connectivity index (χ1n) is 8.41. The first kappa shape index (κ1) is 16.6. The van der Waals surface area contributed by atoms with E-state index in [4.69, 9.17) is 10.5 Å². The molecule has 0 radical (unpaired) electrons. The van der Waals surface area contributed by atoms with Crippen LogP contribution in [0.5, 0.6) is 5.75 Å². The van der Waals surface area contributed by atoms with Gasteiger partial charge in [-0.1, -0.05) is 18.2 Å². The quantitative estimate of drug-likeness (QED) is 0.758. The van der Waals surface area contributed by atoms with Gasteiger partial charge in [0, 0.05) is 31.1 Å². The predicted octanol–water partition coefficient (Wildman–Crippen LogP) is 0.759. The van der Waals surface area contributed by atoms with Crippen molar-refractivity contribution in [2.24, 2.45) is 5.73 Å². The highest BCUT2D eigenvalue weighted by atomic mass is 16.5. The lowest BCUT2D eigenvalue weighted by Gasteiger charge is -2.32. The van der Waals surface area contributed by atoms with Crippen molar-refractivity contribution in [2.45, 2.75) is 31.3 Å². The lowest BCUT2D eigenvalue weighted by atomic mass is 10.0. The molecule has 0 aromatic heterocycles. The highest BCUT2D eigenvalue weighted by molar-refractivity contribution is 5.76. The molecular weight excluding hydrogens is 308 g/mol. The molecule has 2 heterocycles. The van der Waals surface area contributed by atoms with E-state index in [1.807, 2.05) is 29.2 Å². The van der Waals surface area contributed by atoms with E-state index >= 15 is 0 Å². The zero-order valence-electron chi connectivity index (χ0n) is 13.7. The molecule has 1 aromatic rings. The minimum Gasteiger partial charge on any atom is -0.493 e. The number of nitrogens with two attached hydrogens (primary N) is 1. The Morgan fingerprint density at radius 1 is 1.17 bits per heavy atom. The molecular formula is C17H24N4O3. The second kappa shape index (κ2) is 7.53. The summed E-state index contributed by atoms with van der Waals surface area (Å²) in [6.45, 7) is 2.44. The van der Waals surface area contributed by atoms with Gasteiger partial charge in [0.1, 0.15) is 5.75 Å². The number of urea groups is 1. The number of benzene rings is 1. The van der Waals surface area contributed by atoms with Crippen LogP contribution in [0.25, 0.3) is 0 Å². The molecule has 1 aromatic carbocycles. The molecule has 130 valence electrons. The van der Waals surface area contributed by atoms with Gasteiger partial charge in [-0.25, -0.2) is 4.79 Å². The maximum absolute atomic E-state index is 12.3. The largest absolute Gasteiger partial charge is 0.493 e. The van der Waals surface area contributed by atoms with Crippen molar-refractivity contribution in [3.63, 3.8) is 0 Å². The fourth-order valence-corrected chi connectivity index (χ4v) is 3.33. The Labute approximate surface area is 141 Å². The zero-order valence-corrected chi connectivity index (χ0v) is 13.7. The van der Waals surface area contributed by atoms with E-state index in [0.717, 1.165) is 43.7 Å². The summed E-state index contributed by atoms with van der Waals surface area (Å²) in [6, 6.07) is 7.76. The molecule has 0 spiro atoms. The van der Waals surface area contributed by atoms with E-state index in [1.165, 1.54) is 0 Å². The van der Waals surface area contributed by atoms with Crippen LogP contribution in [-0.4, -0.2) is 49.1 Å². The predicted molar refractivity (Wildman–Crippen MR) is 89.6 cm³/mol. The van der Waals surface area contributed by atoms with Crippen molar-refractivity contribution < 1.29 is 14.3 Å². The van der Waals surface area contributed by atoms with E-state index < -0.39 is 0 Å². The Balaban J connectivity index is 1.48. The van der Waals surface area contributed by atoms with Gasteiger partial charge in [0.05, 0.1) is 19.2 Å². The SMILES string of the molecule is NC(=O)CN1CCC(NC(=O)N[C@@H]2CCOc3ccccc32)CC1. The van der Waals surface area contributed by atoms with Crippen molar-refractivity contribution in [2.75, 3.05) is 26.2 Å². The van der Waals surface area contributed by atoms with Crippen molar-refractivity contribution in [3.05, 3.63) is 29.8 Å². The van der Waals surface area contributed by atoms with Crippen LogP contribution in [0.3, 0.4) is 0 Å². The van der Waals surface area contributed by atoms with Gasteiger partial charge in [-0.15, -0.1) is 0 Å². The molecule has 3 amide bonds. The van der Waals surface area contributed by atoms with Crippen LogP contribution >= 0.6 is 0 Å². The molecule has 7 nitrogen and oxygen atoms in total. The number of amides is 3. The summed E-state index contributed by atoms with van der Waals surface area (Å²) in [5, 5.41) is 6.09. The number of hydrogen-bond donors (Lipinski definition) is 3. The molecule has 1 fully saturated rings. The summed E-state index contributed by atoms with van der Waals surface area (Å²) in [7, 11) is 0. The first-order chi connectivity index (χ1) is 11.6. The number of fused-ring (bicyclic) bond motifs is 1. The Bertz CT molecular complexity index is 599. The number of rotatable bonds is 4. The van der Waals surface area contributed by atoms with Crippen molar-refractivity contribution in [1.29, 1.82) is 0 Å². The third-order valence-corrected chi connectivity index (χ3v) is 4.57. The Kier molecular flexibility index (Phi) is 5.20. The van der Waals surface area contributed by atoms with Gasteiger partial charge in [-0.05, 0) is 18.9 Å². The number of nitrogens with one attached hydrogen (secondary N) is 2. The molecule has 0 saturated carbocycles. The van der Waals surface area contributed by atoms with E-state index in [9.17, 15) is 9.59 Å². The van der Waals surface area contributed by atoms with E-state index in [1.54, 1.807) is 0 Å². The molecule has 2 aliphatic rings. The van der Waals surface area contributed by atoms with Gasteiger partial charge in [0.15, 0.2) is 0 Å². The Hall–Kier alpha value is -2.28. The number of carbonyl (C=O) groups is 2. The summed E-state index contributed by atoms with van der Waals surface area (Å²) in [4.78, 5) is 25.3. The van der Waals surface area contributed by atoms with Gasteiger partial charge >= 0.3 is 6.03 Å². The average Bonchev–Trinajstić information content (AvgIpc) is 2.56. The smallest absolute Gasteiger partial charge is 0.315 e. The highest BCUT2D eigenvalue weighted by Gasteiger charge is 2.25. The van der Waals surface area contributed by atoms with E-state index in [2.05, 4.69) is 10.6 Å². The second-order valence-electron chi connectivity index (χ2n) is 6.36. The summed E-state index contributed by atoms with van der Waals surface area (Å²) in [5.41, 5.74) is 6.23. The standard InChI is InChI=1S/C17H24N4O3/c18-16(22)11-21-8-5-12(6-9-21)19-17(23)20-14-7-10-24-15-4-2-1-3-13(14)15/h1-4,12,14H,5-11H2,(H2,18,22)(H2,19,20,23)/t14-/m1/s1. The van der Waals surface area contributed by atoms with Gasteiger partial charge in [-0.2, -0.15) is 0 Å². The molecule has 7 heteroatoms. The van der Waals surface area contributed by atoms with Crippen LogP contribution in [0.4, 0.5) is 4.79 Å². The van der Waals surface area contributed by atoms with Crippen LogP contribution in [0.15, 0.2) is 24.3 Å². The van der Waals surface area contributed by atoms with Crippen LogP contribution in [0.2, 0.25) is 0 Å². The third-order valence-electron chi connectivity index (χ3n) is 4.57. The number of nitrogens with zero attached hydrogens (tertiary/aromatic N) is 1. The molecule has 4 N–H and O–H groups in total. The zero-order chi connectivity index (χ0) is 16.9. The van der Waals surface area contributed by atoms with E-state index in [0.29, 0.717) is 6.61 Å². The number of carbonyl (C=O) groups excluding carboxylic acids is 2. The van der Waals surface area contributed by atoms with Crippen LogP contribution in [0, 0.1) is 0 Å². The molecule has 0 bridgehead atoms. The number of piperidine rings is 1. The second-order valence-corrected chi connectivity index (χ2v) is 6.36. The summed E-state index contributed by atoms with van der Waals surface area (Å²) in [5.74, 6) is 0.533. The topological polar surface area (TPSA) is 96.7 Å². The number of hydrogen-bond acceptors (Lipinski definition) is 4. The molecule has 3 rings (SSSR count). The molecule has 2 aliphatic heterocycles. The molecule has 1 atom stereocenters. The van der Waals surface area contributed by atoms with Gasteiger partial charge in [0.2, 0.25) is 5.91 Å². The lowest BCUT2D eigenvalue weighted by molar-refractivity contribution is -0.119. The minimum atomic E-state index is -0.308. The van der Waals surface area contributed by atoms with Gasteiger partial charge in [0.25, 0.3) is 0 Å². The Morgan fingerprint density at radius 3 is 2.67 bits per heavy atom. The lowest BCUT2D eigenvalue weighted by Crippen LogP contribution is -2.50. The maximum atomic E-state index is 12.3. The molecule has 0 unspecified atom stereocenters. The summed E-state index contributed by atoms with van der Waals surface area (Å²) in [6.07, 6.45) is 2.41. The summed E-state index contributed by atoms with van der Waals surface area (Å²) >= 11 is 0. The molecule has 0 aliphatic carbocycles. The summed E-state index contributed by atoms with van der Waals surface area (Å²) < 4.78 is 5.61. The number of ether oxygens (including phenoxy) is 1. The van der Waals surface area contributed by atoms with Gasteiger partial charge in [-0.3, -0.25) is 9.69 Å². The van der Waals surface area contributed by atoms with Gasteiger partial charge < -0.3 is 21.1 Å². The third kappa shape index (κ3) is 4.17. The number of para-hydroxylation sites is 1. The van der Waals surface area contributed by atoms with Crippen LogP contribution in [-0.2, 0) is 4.79 Å². The van der Waals surface area contributed by atoms with Crippen molar-refractivity contribution in [3.8, 4) is 5.75 Å².